The summed E-state index contributed by atoms with van der Waals surface area (Å²) in [5.41, 5.74) is 0. The molecule has 0 spiro atoms. The van der Waals surface area contributed by atoms with E-state index in [2.05, 4.69) is 17.3 Å². The molecule has 3 fully saturated rings. The molecule has 3 rings (SSSR count). The quantitative estimate of drug-likeness (QED) is 0.593. The summed E-state index contributed by atoms with van der Waals surface area (Å²) in [6, 6.07) is 0.512. The lowest BCUT2D eigenvalue weighted by Crippen LogP contribution is -2.45. The molecule has 138 valence electrons. The highest BCUT2D eigenvalue weighted by atomic mass is 32.2. The second kappa shape index (κ2) is 8.04. The molecule has 0 aromatic carbocycles. The molecule has 2 atom stereocenters. The van der Waals surface area contributed by atoms with Gasteiger partial charge in [-0.2, -0.15) is 0 Å². The van der Waals surface area contributed by atoms with Gasteiger partial charge in [-0.15, -0.1) is 0 Å². The fourth-order valence-corrected chi connectivity index (χ4v) is 5.81. The molecule has 2 heterocycles. The van der Waals surface area contributed by atoms with Crippen LogP contribution in [0.3, 0.4) is 0 Å². The summed E-state index contributed by atoms with van der Waals surface area (Å²) in [5, 5.41) is 3.62. The minimum Gasteiger partial charge on any atom is -0.381 e. The fourth-order valence-electron chi connectivity index (χ4n) is 3.96. The highest BCUT2D eigenvalue weighted by Gasteiger charge is 2.28. The molecule has 0 amide bonds. The molecule has 0 aromatic heterocycles. The molecule has 3 aliphatic rings. The predicted octanol–water partition coefficient (Wildman–Crippen LogP) is 1.28. The van der Waals surface area contributed by atoms with Crippen LogP contribution in [0.25, 0.3) is 0 Å². The van der Waals surface area contributed by atoms with Crippen molar-refractivity contribution < 1.29 is 13.2 Å². The molecular formula is C17H31N3O3S. The van der Waals surface area contributed by atoms with E-state index in [0.717, 1.165) is 38.6 Å². The second-order valence-electron chi connectivity index (χ2n) is 7.67. The van der Waals surface area contributed by atoms with Crippen LogP contribution in [0.2, 0.25) is 0 Å². The minimum atomic E-state index is -2.82. The third kappa shape index (κ3) is 5.09. The van der Waals surface area contributed by atoms with Crippen LogP contribution >= 0.6 is 0 Å². The van der Waals surface area contributed by atoms with Crippen molar-refractivity contribution in [3.05, 3.63) is 0 Å². The zero-order valence-electron chi connectivity index (χ0n) is 14.7. The van der Waals surface area contributed by atoms with Crippen molar-refractivity contribution in [2.45, 2.75) is 44.6 Å². The first-order valence-electron chi connectivity index (χ1n) is 9.32. The number of ether oxygens (including phenoxy) is 1. The molecule has 2 aliphatic heterocycles. The van der Waals surface area contributed by atoms with E-state index >= 15 is 0 Å². The summed E-state index contributed by atoms with van der Waals surface area (Å²) >= 11 is 0. The number of hydrogen-bond acceptors (Lipinski definition) is 4. The molecule has 1 aliphatic carbocycles. The molecule has 0 radical (unpaired) electrons. The summed E-state index contributed by atoms with van der Waals surface area (Å²) in [7, 11) is -0.737. The summed E-state index contributed by atoms with van der Waals surface area (Å²) in [4.78, 5) is 7.01. The Morgan fingerprint density at radius 3 is 2.62 bits per heavy atom. The van der Waals surface area contributed by atoms with Crippen molar-refractivity contribution in [3.63, 3.8) is 0 Å². The fraction of sp³-hybridized carbons (Fsp3) is 0.941. The van der Waals surface area contributed by atoms with E-state index in [1.807, 2.05) is 0 Å². The number of nitrogens with one attached hydrogen (secondary N) is 1. The molecular weight excluding hydrogens is 326 g/mol. The van der Waals surface area contributed by atoms with Gasteiger partial charge in [-0.1, -0.05) is 12.8 Å². The van der Waals surface area contributed by atoms with Gasteiger partial charge in [0.15, 0.2) is 15.8 Å². The Balaban J connectivity index is 1.60. The molecule has 7 heteroatoms. The minimum absolute atomic E-state index is 0.179. The number of aliphatic imine (C=N–C) groups is 1. The van der Waals surface area contributed by atoms with Crippen LogP contribution in [0, 0.1) is 11.8 Å². The van der Waals surface area contributed by atoms with Gasteiger partial charge >= 0.3 is 0 Å². The average Bonchev–Trinajstić information content (AvgIpc) is 3.26. The van der Waals surface area contributed by atoms with Crippen LogP contribution in [-0.4, -0.2) is 70.2 Å². The van der Waals surface area contributed by atoms with Crippen LogP contribution in [0.4, 0.5) is 0 Å². The van der Waals surface area contributed by atoms with Crippen molar-refractivity contribution in [1.29, 1.82) is 0 Å². The van der Waals surface area contributed by atoms with E-state index < -0.39 is 9.84 Å². The van der Waals surface area contributed by atoms with Gasteiger partial charge in [-0.25, -0.2) is 8.42 Å². The number of sulfone groups is 1. The Morgan fingerprint density at radius 2 is 2.00 bits per heavy atom. The topological polar surface area (TPSA) is 71.0 Å². The molecule has 2 saturated heterocycles. The molecule has 0 bridgehead atoms. The molecule has 24 heavy (non-hydrogen) atoms. The van der Waals surface area contributed by atoms with Crippen LogP contribution < -0.4 is 5.32 Å². The summed E-state index contributed by atoms with van der Waals surface area (Å²) in [6.07, 6.45) is 6.84. The Morgan fingerprint density at radius 1 is 1.21 bits per heavy atom. The van der Waals surface area contributed by atoms with Crippen LogP contribution in [-0.2, 0) is 14.6 Å². The standard InChI is InChI=1S/C17H31N3O3S/c1-20(11-15-6-8-23-12-15)17(19-16-4-2-3-5-16)18-10-14-7-9-24(21,22)13-14/h14-16H,2-13H2,1H3,(H,18,19). The van der Waals surface area contributed by atoms with E-state index in [1.165, 1.54) is 25.7 Å². The molecule has 6 nitrogen and oxygen atoms in total. The Hall–Kier alpha value is -0.820. The SMILES string of the molecule is CN(CC1CCOC1)C(=NCC1CCS(=O)(=O)C1)NC1CCCC1. The smallest absolute Gasteiger partial charge is 0.193 e. The first-order valence-corrected chi connectivity index (χ1v) is 11.1. The van der Waals surface area contributed by atoms with Crippen LogP contribution in [0.1, 0.15) is 38.5 Å². The summed E-state index contributed by atoms with van der Waals surface area (Å²) in [6.45, 7) is 3.25. The van der Waals surface area contributed by atoms with Gasteiger partial charge in [0, 0.05) is 38.7 Å². The van der Waals surface area contributed by atoms with Gasteiger partial charge in [0.05, 0.1) is 18.1 Å². The summed E-state index contributed by atoms with van der Waals surface area (Å²) in [5.74, 6) is 2.32. The molecule has 1 saturated carbocycles. The van der Waals surface area contributed by atoms with Crippen LogP contribution in [0.5, 0.6) is 0 Å². The van der Waals surface area contributed by atoms with Crippen molar-refractivity contribution in [1.82, 2.24) is 10.2 Å². The van der Waals surface area contributed by atoms with Gasteiger partial charge in [-0.05, 0) is 31.6 Å². The molecule has 1 N–H and O–H groups in total. The highest BCUT2D eigenvalue weighted by Crippen LogP contribution is 2.20. The lowest BCUT2D eigenvalue weighted by molar-refractivity contribution is 0.181. The number of nitrogens with zero attached hydrogens (tertiary/aromatic N) is 2. The third-order valence-electron chi connectivity index (χ3n) is 5.43. The van der Waals surface area contributed by atoms with E-state index in [4.69, 9.17) is 9.73 Å². The third-order valence-corrected chi connectivity index (χ3v) is 7.27. The van der Waals surface area contributed by atoms with E-state index in [9.17, 15) is 8.42 Å². The zero-order chi connectivity index (χ0) is 17.0. The van der Waals surface area contributed by atoms with Gasteiger partial charge in [0.1, 0.15) is 0 Å². The van der Waals surface area contributed by atoms with Crippen molar-refractivity contribution in [2.24, 2.45) is 16.8 Å². The maximum atomic E-state index is 11.6. The van der Waals surface area contributed by atoms with Gasteiger partial charge in [-0.3, -0.25) is 4.99 Å². The first kappa shape index (κ1) is 18.0. The Labute approximate surface area is 146 Å². The Kier molecular flexibility index (Phi) is 6.02. The molecule has 2 unspecified atom stereocenters. The predicted molar refractivity (Wildman–Crippen MR) is 96.0 cm³/mol. The lowest BCUT2D eigenvalue weighted by atomic mass is 10.1. The van der Waals surface area contributed by atoms with Crippen molar-refractivity contribution >= 4 is 15.8 Å². The number of hydrogen-bond donors (Lipinski definition) is 1. The molecule has 0 aromatic rings. The zero-order valence-corrected chi connectivity index (χ0v) is 15.6. The summed E-state index contributed by atoms with van der Waals surface area (Å²) < 4.78 is 28.8. The van der Waals surface area contributed by atoms with E-state index in [0.29, 0.717) is 30.0 Å². The average molecular weight is 358 g/mol. The Bertz CT molecular complexity index is 537. The largest absolute Gasteiger partial charge is 0.381 e. The van der Waals surface area contributed by atoms with Crippen molar-refractivity contribution in [2.75, 3.05) is 44.9 Å². The van der Waals surface area contributed by atoms with Gasteiger partial charge in [0.2, 0.25) is 0 Å². The first-order chi connectivity index (χ1) is 11.5. The van der Waals surface area contributed by atoms with E-state index in [-0.39, 0.29) is 5.92 Å². The number of rotatable bonds is 5. The van der Waals surface area contributed by atoms with Crippen LogP contribution in [0.15, 0.2) is 4.99 Å². The van der Waals surface area contributed by atoms with Gasteiger partial charge in [0.25, 0.3) is 0 Å². The lowest BCUT2D eigenvalue weighted by Gasteiger charge is -2.27. The maximum absolute atomic E-state index is 11.6. The van der Waals surface area contributed by atoms with Gasteiger partial charge < -0.3 is 15.0 Å². The van der Waals surface area contributed by atoms with Crippen molar-refractivity contribution in [3.8, 4) is 0 Å². The number of guanidine groups is 1. The highest BCUT2D eigenvalue weighted by molar-refractivity contribution is 7.91. The normalized spacial score (nSPS) is 30.8. The maximum Gasteiger partial charge on any atom is 0.193 e. The second-order valence-corrected chi connectivity index (χ2v) is 9.90. The monoisotopic (exact) mass is 357 g/mol. The van der Waals surface area contributed by atoms with E-state index in [1.54, 1.807) is 0 Å².